The number of halogens is 1. The molecular formula is C14H18ClY. The van der Waals surface area contributed by atoms with Crippen LogP contribution in [0.1, 0.15) is 26.7 Å². The molecule has 2 rings (SSSR count). The Kier molecular flexibility index (Phi) is 5.23. The van der Waals surface area contributed by atoms with Crippen molar-refractivity contribution in [2.45, 2.75) is 31.1 Å². The van der Waals surface area contributed by atoms with E-state index in [0.717, 1.165) is 0 Å². The number of allylic oxidation sites excluding steroid dienone is 8. The quantitative estimate of drug-likeness (QED) is 0.737. The van der Waals surface area contributed by atoms with Gasteiger partial charge in [0.1, 0.15) is 0 Å². The summed E-state index contributed by atoms with van der Waals surface area (Å²) in [6.45, 7) is 4.66. The summed E-state index contributed by atoms with van der Waals surface area (Å²) in [4.78, 5) is 0. The first kappa shape index (κ1) is 14.4. The maximum atomic E-state index is 2.45. The Bertz CT molecular complexity index is 292. The van der Waals surface area contributed by atoms with E-state index in [1.807, 2.05) is 0 Å². The third-order valence-corrected chi connectivity index (χ3v) is 10.2. The Hall–Kier alpha value is 0.354. The minimum atomic E-state index is -0.716. The average molecular weight is 311 g/mol. The molecule has 0 heterocycles. The van der Waals surface area contributed by atoms with Crippen LogP contribution in [-0.2, 0) is 29.2 Å². The molecule has 0 radical (unpaired) electrons. The summed E-state index contributed by atoms with van der Waals surface area (Å²) in [6, 6.07) is 0. The molecule has 84 valence electrons. The second-order valence-electron chi connectivity index (χ2n) is 4.51. The molecule has 0 aromatic heterocycles. The molecule has 0 unspecified atom stereocenters. The summed E-state index contributed by atoms with van der Waals surface area (Å²) in [5, 5.41) is 0. The molecule has 0 fully saturated rings. The predicted molar refractivity (Wildman–Crippen MR) is 62.5 cm³/mol. The van der Waals surface area contributed by atoms with Crippen LogP contribution in [0.3, 0.4) is 0 Å². The monoisotopic (exact) mass is 310 g/mol. The van der Waals surface area contributed by atoms with Gasteiger partial charge in [-0.1, -0.05) is 0 Å². The Balaban J connectivity index is 0.00000128. The number of hydrogen-bond donors (Lipinski definition) is 0. The average Bonchev–Trinajstić information content (AvgIpc) is 2.89. The van der Waals surface area contributed by atoms with Crippen molar-refractivity contribution in [3.63, 3.8) is 0 Å². The summed E-state index contributed by atoms with van der Waals surface area (Å²) < 4.78 is 0.981. The summed E-state index contributed by atoms with van der Waals surface area (Å²) in [5.41, 5.74) is 0. The molecule has 2 aliphatic rings. The maximum Gasteiger partial charge on any atom is -1.00 e. The Morgan fingerprint density at radius 3 is 1.31 bits per heavy atom. The summed E-state index contributed by atoms with van der Waals surface area (Å²) >= 11 is -0.716. The largest absolute Gasteiger partial charge is 1.00 e. The first-order valence-electron chi connectivity index (χ1n) is 5.85. The van der Waals surface area contributed by atoms with E-state index in [0.29, 0.717) is 4.45 Å². The van der Waals surface area contributed by atoms with Crippen LogP contribution in [0.25, 0.3) is 0 Å². The van der Waals surface area contributed by atoms with Gasteiger partial charge in [-0.05, 0) is 0 Å². The molecule has 0 amide bonds. The molecule has 2 heteroatoms. The topological polar surface area (TPSA) is 0 Å². The van der Waals surface area contributed by atoms with Crippen LogP contribution in [0.15, 0.2) is 48.6 Å². The molecule has 0 spiro atoms. The van der Waals surface area contributed by atoms with Crippen LogP contribution in [0.2, 0.25) is 4.45 Å². The molecule has 0 aromatic rings. The fourth-order valence-electron chi connectivity index (χ4n) is 2.42. The van der Waals surface area contributed by atoms with Gasteiger partial charge in [-0.15, -0.1) is 0 Å². The van der Waals surface area contributed by atoms with Crippen LogP contribution < -0.4 is 12.4 Å². The van der Waals surface area contributed by atoms with Gasteiger partial charge >= 0.3 is 109 Å². The molecule has 0 saturated carbocycles. The van der Waals surface area contributed by atoms with Gasteiger partial charge in [0, 0.05) is 0 Å². The molecule has 0 saturated heterocycles. The van der Waals surface area contributed by atoms with E-state index in [1.165, 1.54) is 12.8 Å². The van der Waals surface area contributed by atoms with Gasteiger partial charge < -0.3 is 12.4 Å². The van der Waals surface area contributed by atoms with Gasteiger partial charge in [-0.2, -0.15) is 0 Å². The second kappa shape index (κ2) is 5.80. The zero-order valence-electron chi connectivity index (χ0n) is 9.99. The van der Waals surface area contributed by atoms with Crippen molar-refractivity contribution < 1.29 is 41.6 Å². The van der Waals surface area contributed by atoms with Crippen molar-refractivity contribution in [3.8, 4) is 0 Å². The third kappa shape index (κ3) is 2.78. The smallest absolute Gasteiger partial charge is 1.00 e. The van der Waals surface area contributed by atoms with Gasteiger partial charge in [0.2, 0.25) is 0 Å². The van der Waals surface area contributed by atoms with Crippen molar-refractivity contribution in [1.82, 2.24) is 0 Å². The maximum absolute atomic E-state index is 2.45. The molecule has 0 nitrogen and oxygen atoms in total. The van der Waals surface area contributed by atoms with E-state index in [4.69, 9.17) is 0 Å². The molecule has 16 heavy (non-hydrogen) atoms. The van der Waals surface area contributed by atoms with Crippen LogP contribution in [0.5, 0.6) is 0 Å². The first-order valence-corrected chi connectivity index (χ1v) is 8.69. The molecule has 2 aliphatic carbocycles. The zero-order valence-corrected chi connectivity index (χ0v) is 13.6. The van der Waals surface area contributed by atoms with Gasteiger partial charge in [0.15, 0.2) is 0 Å². The summed E-state index contributed by atoms with van der Waals surface area (Å²) in [6.07, 6.45) is 21.3. The minimum absolute atomic E-state index is 0. The molecule has 0 atom stereocenters. The van der Waals surface area contributed by atoms with Gasteiger partial charge in [-0.25, -0.2) is 0 Å². The Morgan fingerprint density at radius 2 is 1.06 bits per heavy atom. The van der Waals surface area contributed by atoms with Crippen LogP contribution in [0, 0.1) is 0 Å². The zero-order chi connectivity index (χ0) is 10.8. The summed E-state index contributed by atoms with van der Waals surface area (Å²) in [5.74, 6) is 0. The fourth-order valence-corrected chi connectivity index (χ4v) is 7.92. The minimum Gasteiger partial charge on any atom is -1.00 e. The number of rotatable bonds is 4. The van der Waals surface area contributed by atoms with E-state index in [2.05, 4.69) is 62.5 Å². The van der Waals surface area contributed by atoms with Crippen molar-refractivity contribution in [2.24, 2.45) is 0 Å². The predicted octanol–water partition coefficient (Wildman–Crippen LogP) is 1.46. The van der Waals surface area contributed by atoms with E-state index in [-0.39, 0.29) is 12.4 Å². The molecule has 0 bridgehead atoms. The van der Waals surface area contributed by atoms with E-state index in [9.17, 15) is 0 Å². The van der Waals surface area contributed by atoms with Crippen molar-refractivity contribution in [2.75, 3.05) is 0 Å². The SMILES string of the molecule is CC[C]1([Y+][C]2(CC)C=CC=C2)C=CC=C1.[Cl-]. The van der Waals surface area contributed by atoms with Gasteiger partial charge in [0.05, 0.1) is 0 Å². The van der Waals surface area contributed by atoms with E-state index in [1.54, 1.807) is 0 Å². The standard InChI is InChI=1S/2C7H9.ClH.Y/c2*1-2-7-5-3-4-6-7;;/h2*3-6H,2H2,1H3;1H;/q;;;+1/p-1. The first-order chi connectivity index (χ1) is 7.24. The van der Waals surface area contributed by atoms with Gasteiger partial charge in [-0.3, -0.25) is 0 Å². The Morgan fingerprint density at radius 1 is 0.750 bits per heavy atom. The molecular weight excluding hydrogens is 293 g/mol. The van der Waals surface area contributed by atoms with E-state index >= 15 is 0 Å². The van der Waals surface area contributed by atoms with Gasteiger partial charge in [0.25, 0.3) is 0 Å². The van der Waals surface area contributed by atoms with E-state index < -0.39 is 29.2 Å². The Labute approximate surface area is 120 Å². The van der Waals surface area contributed by atoms with Crippen LogP contribution in [-0.4, -0.2) is 0 Å². The van der Waals surface area contributed by atoms with Crippen molar-refractivity contribution in [1.29, 1.82) is 0 Å². The number of hydrogen-bond acceptors (Lipinski definition) is 0. The van der Waals surface area contributed by atoms with Crippen molar-refractivity contribution in [3.05, 3.63) is 48.6 Å². The normalized spacial score (nSPS) is 22.1. The summed E-state index contributed by atoms with van der Waals surface area (Å²) in [7, 11) is 0. The fraction of sp³-hybridized carbons (Fsp3) is 0.429. The molecule has 0 aromatic carbocycles. The van der Waals surface area contributed by atoms with Crippen LogP contribution in [0.4, 0.5) is 0 Å². The van der Waals surface area contributed by atoms with Crippen LogP contribution >= 0.6 is 0 Å². The van der Waals surface area contributed by atoms with Crippen molar-refractivity contribution >= 4 is 0 Å². The third-order valence-electron chi connectivity index (χ3n) is 3.61. The second-order valence-corrected chi connectivity index (χ2v) is 10.5. The molecule has 0 N–H and O–H groups in total. The molecule has 0 aliphatic heterocycles.